The fraction of sp³-hybridized carbons (Fsp3) is 0.250. The number of carbonyl (C=O) groups excluding carboxylic acids is 1. The van der Waals surface area contributed by atoms with Crippen molar-refractivity contribution in [3.8, 4) is 0 Å². The van der Waals surface area contributed by atoms with E-state index in [1.54, 1.807) is 12.3 Å². The molecule has 1 aliphatic heterocycles. The van der Waals surface area contributed by atoms with Gasteiger partial charge in [0.15, 0.2) is 0 Å². The Balaban J connectivity index is 1.42. The Kier molecular flexibility index (Phi) is 4.24. The maximum atomic E-state index is 13.3. The van der Waals surface area contributed by atoms with Crippen molar-refractivity contribution >= 4 is 16.8 Å². The summed E-state index contributed by atoms with van der Waals surface area (Å²) in [6.07, 6.45) is 1.68. The number of hydrogen-bond donors (Lipinski definition) is 1. The molecule has 0 unspecified atom stereocenters. The van der Waals surface area contributed by atoms with E-state index in [0.717, 1.165) is 25.0 Å². The second-order valence-electron chi connectivity index (χ2n) is 6.45. The van der Waals surface area contributed by atoms with Gasteiger partial charge >= 0.3 is 0 Å². The molecule has 2 aromatic carbocycles. The number of nitrogens with one attached hydrogen (secondary N) is 1. The first-order valence-corrected chi connectivity index (χ1v) is 8.53. The zero-order valence-electron chi connectivity index (χ0n) is 13.9. The largest absolute Gasteiger partial charge is 0.360 e. The second-order valence-corrected chi connectivity index (χ2v) is 6.45. The number of hydrogen-bond acceptors (Lipinski definition) is 2. The van der Waals surface area contributed by atoms with Crippen LogP contribution in [0.25, 0.3) is 10.9 Å². The van der Waals surface area contributed by atoms with Crippen molar-refractivity contribution in [3.63, 3.8) is 0 Å². The standard InChI is InChI=1S/C20H20FN3O/c21-16-6-7-17-18(13-22-19(17)12-16)20(25)24-10-8-23(9-11-24)14-15-4-2-1-3-5-15/h1-7,12-13,22H,8-11,14H2. The minimum atomic E-state index is -0.303. The molecule has 0 saturated carbocycles. The molecule has 1 saturated heterocycles. The molecular weight excluding hydrogens is 317 g/mol. The number of benzene rings is 2. The maximum Gasteiger partial charge on any atom is 0.256 e. The van der Waals surface area contributed by atoms with Crippen LogP contribution in [-0.4, -0.2) is 46.9 Å². The number of carbonyl (C=O) groups is 1. The summed E-state index contributed by atoms with van der Waals surface area (Å²) in [4.78, 5) is 20.1. The Bertz CT molecular complexity index is 882. The third kappa shape index (κ3) is 3.28. The normalized spacial score (nSPS) is 15.6. The van der Waals surface area contributed by atoms with Gasteiger partial charge in [-0.3, -0.25) is 9.69 Å². The van der Waals surface area contributed by atoms with Gasteiger partial charge in [0.25, 0.3) is 5.91 Å². The average molecular weight is 337 g/mol. The molecule has 0 radical (unpaired) electrons. The van der Waals surface area contributed by atoms with Crippen molar-refractivity contribution < 1.29 is 9.18 Å². The average Bonchev–Trinajstić information content (AvgIpc) is 3.05. The molecule has 1 aliphatic rings. The van der Waals surface area contributed by atoms with Crippen LogP contribution in [0.5, 0.6) is 0 Å². The first-order valence-electron chi connectivity index (χ1n) is 8.53. The molecule has 2 heterocycles. The first kappa shape index (κ1) is 15.8. The Labute approximate surface area is 145 Å². The van der Waals surface area contributed by atoms with Gasteiger partial charge in [-0.1, -0.05) is 30.3 Å². The summed E-state index contributed by atoms with van der Waals surface area (Å²) in [7, 11) is 0. The second kappa shape index (κ2) is 6.69. The van der Waals surface area contributed by atoms with Gasteiger partial charge in [-0.15, -0.1) is 0 Å². The fourth-order valence-electron chi connectivity index (χ4n) is 3.40. The summed E-state index contributed by atoms with van der Waals surface area (Å²) >= 11 is 0. The van der Waals surface area contributed by atoms with Gasteiger partial charge in [0.2, 0.25) is 0 Å². The van der Waals surface area contributed by atoms with E-state index in [4.69, 9.17) is 0 Å². The van der Waals surface area contributed by atoms with Crippen molar-refractivity contribution in [1.29, 1.82) is 0 Å². The summed E-state index contributed by atoms with van der Waals surface area (Å²) < 4.78 is 13.3. The highest BCUT2D eigenvalue weighted by atomic mass is 19.1. The minimum absolute atomic E-state index is 0.0113. The number of rotatable bonds is 3. The number of fused-ring (bicyclic) bond motifs is 1. The molecule has 0 atom stereocenters. The summed E-state index contributed by atoms with van der Waals surface area (Å²) in [5, 5.41) is 0.776. The number of nitrogens with zero attached hydrogens (tertiary/aromatic N) is 2. The minimum Gasteiger partial charge on any atom is -0.360 e. The molecule has 0 bridgehead atoms. The smallest absolute Gasteiger partial charge is 0.256 e. The SMILES string of the molecule is O=C(c1c[nH]c2cc(F)ccc12)N1CCN(Cc2ccccc2)CC1. The zero-order chi connectivity index (χ0) is 17.2. The van der Waals surface area contributed by atoms with Crippen LogP contribution in [0.15, 0.2) is 54.7 Å². The van der Waals surface area contributed by atoms with Crippen LogP contribution in [-0.2, 0) is 6.54 Å². The van der Waals surface area contributed by atoms with Gasteiger partial charge in [-0.2, -0.15) is 0 Å². The zero-order valence-corrected chi connectivity index (χ0v) is 13.9. The lowest BCUT2D eigenvalue weighted by atomic mass is 10.1. The molecule has 128 valence electrons. The third-order valence-corrected chi connectivity index (χ3v) is 4.78. The molecule has 1 N–H and O–H groups in total. The maximum absolute atomic E-state index is 13.3. The molecule has 1 fully saturated rings. The van der Waals surface area contributed by atoms with Crippen LogP contribution in [0.4, 0.5) is 4.39 Å². The highest BCUT2D eigenvalue weighted by Gasteiger charge is 2.24. The van der Waals surface area contributed by atoms with Crippen LogP contribution < -0.4 is 0 Å². The summed E-state index contributed by atoms with van der Waals surface area (Å²) in [6, 6.07) is 14.9. The molecule has 25 heavy (non-hydrogen) atoms. The molecule has 0 aliphatic carbocycles. The van der Waals surface area contributed by atoms with Gasteiger partial charge in [0, 0.05) is 49.8 Å². The van der Waals surface area contributed by atoms with Crippen molar-refractivity contribution in [3.05, 3.63) is 71.7 Å². The number of halogens is 1. The van der Waals surface area contributed by atoms with E-state index in [1.807, 2.05) is 11.0 Å². The molecule has 3 aromatic rings. The van der Waals surface area contributed by atoms with Crippen molar-refractivity contribution in [2.24, 2.45) is 0 Å². The quantitative estimate of drug-likeness (QED) is 0.797. The van der Waals surface area contributed by atoms with Gasteiger partial charge < -0.3 is 9.88 Å². The van der Waals surface area contributed by atoms with Crippen LogP contribution >= 0.6 is 0 Å². The van der Waals surface area contributed by atoms with Crippen molar-refractivity contribution in [2.45, 2.75) is 6.54 Å². The van der Waals surface area contributed by atoms with Crippen molar-refractivity contribution in [1.82, 2.24) is 14.8 Å². The van der Waals surface area contributed by atoms with E-state index in [0.29, 0.717) is 24.2 Å². The number of aromatic nitrogens is 1. The summed E-state index contributed by atoms with van der Waals surface area (Å²) in [5.41, 5.74) is 2.57. The van der Waals surface area contributed by atoms with E-state index in [2.05, 4.69) is 34.1 Å². The predicted octanol–water partition coefficient (Wildman–Crippen LogP) is 3.27. The Hall–Kier alpha value is -2.66. The lowest BCUT2D eigenvalue weighted by Crippen LogP contribution is -2.48. The van der Waals surface area contributed by atoms with Crippen LogP contribution in [0.1, 0.15) is 15.9 Å². The Morgan fingerprint density at radius 2 is 1.80 bits per heavy atom. The van der Waals surface area contributed by atoms with Gasteiger partial charge in [0.1, 0.15) is 5.82 Å². The Morgan fingerprint density at radius 1 is 1.04 bits per heavy atom. The van der Waals surface area contributed by atoms with Crippen LogP contribution in [0.2, 0.25) is 0 Å². The van der Waals surface area contributed by atoms with E-state index >= 15 is 0 Å². The first-order chi connectivity index (χ1) is 12.2. The highest BCUT2D eigenvalue weighted by Crippen LogP contribution is 2.21. The number of piperazine rings is 1. The topological polar surface area (TPSA) is 39.3 Å². The highest BCUT2D eigenvalue weighted by molar-refractivity contribution is 6.06. The van der Waals surface area contributed by atoms with Gasteiger partial charge in [-0.05, 0) is 23.8 Å². The predicted molar refractivity (Wildman–Crippen MR) is 95.9 cm³/mol. The van der Waals surface area contributed by atoms with E-state index in [9.17, 15) is 9.18 Å². The van der Waals surface area contributed by atoms with Crippen molar-refractivity contribution in [2.75, 3.05) is 26.2 Å². The van der Waals surface area contributed by atoms with Gasteiger partial charge in [0.05, 0.1) is 5.56 Å². The number of H-pyrrole nitrogens is 1. The number of aromatic amines is 1. The Morgan fingerprint density at radius 3 is 2.56 bits per heavy atom. The monoisotopic (exact) mass is 337 g/mol. The molecule has 0 spiro atoms. The molecule has 5 heteroatoms. The molecule has 4 nitrogen and oxygen atoms in total. The van der Waals surface area contributed by atoms with E-state index < -0.39 is 0 Å². The fourth-order valence-corrected chi connectivity index (χ4v) is 3.40. The van der Waals surface area contributed by atoms with E-state index in [-0.39, 0.29) is 11.7 Å². The lowest BCUT2D eigenvalue weighted by Gasteiger charge is -2.34. The summed E-state index contributed by atoms with van der Waals surface area (Å²) in [5.74, 6) is -0.292. The van der Waals surface area contributed by atoms with E-state index in [1.165, 1.54) is 17.7 Å². The third-order valence-electron chi connectivity index (χ3n) is 4.78. The number of amides is 1. The molecular formula is C20H20FN3O. The lowest BCUT2D eigenvalue weighted by molar-refractivity contribution is 0.0630. The van der Waals surface area contributed by atoms with Crippen LogP contribution in [0.3, 0.4) is 0 Å². The molecule has 1 aromatic heterocycles. The molecule has 4 rings (SSSR count). The molecule has 1 amide bonds. The van der Waals surface area contributed by atoms with Gasteiger partial charge in [-0.25, -0.2) is 4.39 Å². The summed E-state index contributed by atoms with van der Waals surface area (Å²) in [6.45, 7) is 4.05. The van der Waals surface area contributed by atoms with Crippen LogP contribution in [0, 0.1) is 5.82 Å².